The lowest BCUT2D eigenvalue weighted by Gasteiger charge is -2.20. The van der Waals surface area contributed by atoms with E-state index in [1.54, 1.807) is 0 Å². The van der Waals surface area contributed by atoms with Crippen LogP contribution in [0.3, 0.4) is 0 Å². The maximum atomic E-state index is 4.54. The van der Waals surface area contributed by atoms with Crippen LogP contribution in [0.1, 0.15) is 39.5 Å². The van der Waals surface area contributed by atoms with Gasteiger partial charge >= 0.3 is 0 Å². The van der Waals surface area contributed by atoms with Gasteiger partial charge in [-0.3, -0.25) is 0 Å². The molecular weight excluding hydrogens is 192 g/mol. The molecule has 0 unspecified atom stereocenters. The number of isothiocyanates is 1. The van der Waals surface area contributed by atoms with Crippen molar-refractivity contribution in [1.29, 1.82) is 0 Å². The Morgan fingerprint density at radius 2 is 1.64 bits per heavy atom. The van der Waals surface area contributed by atoms with E-state index in [4.69, 9.17) is 0 Å². The second kappa shape index (κ2) is 10.8. The Hall–Kier alpha value is -0.240. The van der Waals surface area contributed by atoms with E-state index in [2.05, 4.69) is 41.1 Å². The quantitative estimate of drug-likeness (QED) is 0.433. The zero-order valence-electron chi connectivity index (χ0n) is 9.46. The molecule has 0 spiro atoms. The molecular formula is C11H22N2S. The summed E-state index contributed by atoms with van der Waals surface area (Å²) in [6, 6.07) is 0. The molecule has 0 saturated heterocycles. The van der Waals surface area contributed by atoms with Crippen LogP contribution in [0.25, 0.3) is 0 Å². The highest BCUT2D eigenvalue weighted by Gasteiger charge is 2.01. The second-order valence-electron chi connectivity index (χ2n) is 3.52. The van der Waals surface area contributed by atoms with Gasteiger partial charge in [0, 0.05) is 6.54 Å². The number of hydrogen-bond acceptors (Lipinski definition) is 3. The first kappa shape index (κ1) is 13.8. The zero-order valence-corrected chi connectivity index (χ0v) is 10.3. The molecule has 0 fully saturated rings. The third kappa shape index (κ3) is 8.36. The Morgan fingerprint density at radius 3 is 2.07 bits per heavy atom. The normalized spacial score (nSPS) is 10.2. The number of unbranched alkanes of at least 4 members (excludes halogenated alkanes) is 2. The van der Waals surface area contributed by atoms with E-state index in [0.717, 1.165) is 13.1 Å². The molecule has 0 heterocycles. The minimum atomic E-state index is 0.803. The number of rotatable bonds is 9. The standard InChI is InChI=1S/C11H22N2S/c1-3-5-8-13(9-6-4-2)10-7-12-11-14/h3-10H2,1-2H3. The van der Waals surface area contributed by atoms with Crippen molar-refractivity contribution < 1.29 is 0 Å². The van der Waals surface area contributed by atoms with E-state index in [-0.39, 0.29) is 0 Å². The van der Waals surface area contributed by atoms with Crippen LogP contribution < -0.4 is 0 Å². The van der Waals surface area contributed by atoms with Gasteiger partial charge in [0.2, 0.25) is 0 Å². The Morgan fingerprint density at radius 1 is 1.07 bits per heavy atom. The van der Waals surface area contributed by atoms with Gasteiger partial charge in [-0.05, 0) is 38.1 Å². The fraction of sp³-hybridized carbons (Fsp3) is 0.909. The van der Waals surface area contributed by atoms with Crippen LogP contribution in [0.15, 0.2) is 4.99 Å². The van der Waals surface area contributed by atoms with E-state index in [9.17, 15) is 0 Å². The van der Waals surface area contributed by atoms with Crippen molar-refractivity contribution in [2.75, 3.05) is 26.2 Å². The number of nitrogens with zero attached hydrogens (tertiary/aromatic N) is 2. The summed E-state index contributed by atoms with van der Waals surface area (Å²) in [5, 5.41) is 2.42. The lowest BCUT2D eigenvalue weighted by Crippen LogP contribution is -2.28. The first-order valence-corrected chi connectivity index (χ1v) is 6.02. The Balaban J connectivity index is 3.65. The van der Waals surface area contributed by atoms with E-state index in [1.807, 2.05) is 0 Å². The first-order chi connectivity index (χ1) is 6.85. The predicted molar refractivity (Wildman–Crippen MR) is 66.1 cm³/mol. The molecule has 0 aromatic rings. The maximum absolute atomic E-state index is 4.54. The largest absolute Gasteiger partial charge is 0.301 e. The van der Waals surface area contributed by atoms with Crippen molar-refractivity contribution in [2.24, 2.45) is 4.99 Å². The Kier molecular flexibility index (Phi) is 10.7. The maximum Gasteiger partial charge on any atom is 0.0620 e. The van der Waals surface area contributed by atoms with Gasteiger partial charge in [0.25, 0.3) is 0 Å². The minimum Gasteiger partial charge on any atom is -0.301 e. The Labute approximate surface area is 93.4 Å². The molecule has 0 rings (SSSR count). The van der Waals surface area contributed by atoms with Gasteiger partial charge in [0.1, 0.15) is 0 Å². The molecule has 14 heavy (non-hydrogen) atoms. The molecule has 0 aromatic carbocycles. The van der Waals surface area contributed by atoms with Crippen molar-refractivity contribution in [3.05, 3.63) is 0 Å². The van der Waals surface area contributed by atoms with Gasteiger partial charge < -0.3 is 4.90 Å². The van der Waals surface area contributed by atoms with E-state index in [0.29, 0.717) is 0 Å². The smallest absolute Gasteiger partial charge is 0.0620 e. The molecule has 0 amide bonds. The molecule has 0 aliphatic carbocycles. The summed E-state index contributed by atoms with van der Waals surface area (Å²) in [5.41, 5.74) is 0. The summed E-state index contributed by atoms with van der Waals surface area (Å²) in [6.07, 6.45) is 5.09. The summed E-state index contributed by atoms with van der Waals surface area (Å²) < 4.78 is 0. The monoisotopic (exact) mass is 214 g/mol. The summed E-state index contributed by atoms with van der Waals surface area (Å²) >= 11 is 4.54. The average molecular weight is 214 g/mol. The number of aliphatic imine (C=N–C) groups is 1. The van der Waals surface area contributed by atoms with Gasteiger partial charge in [-0.1, -0.05) is 26.7 Å². The summed E-state index contributed by atoms with van der Waals surface area (Å²) in [4.78, 5) is 6.43. The van der Waals surface area contributed by atoms with Crippen molar-refractivity contribution in [2.45, 2.75) is 39.5 Å². The molecule has 0 atom stereocenters. The molecule has 82 valence electrons. The van der Waals surface area contributed by atoms with Crippen LogP contribution >= 0.6 is 12.2 Å². The highest BCUT2D eigenvalue weighted by Crippen LogP contribution is 1.98. The molecule has 0 N–H and O–H groups in total. The van der Waals surface area contributed by atoms with Crippen LogP contribution in [-0.2, 0) is 0 Å². The number of hydrogen-bond donors (Lipinski definition) is 0. The number of thiocarbonyl (C=S) groups is 1. The summed E-state index contributed by atoms with van der Waals surface area (Å²) in [6.45, 7) is 8.69. The predicted octanol–water partition coefficient (Wildman–Crippen LogP) is 2.99. The van der Waals surface area contributed by atoms with Crippen LogP contribution in [0.4, 0.5) is 0 Å². The summed E-state index contributed by atoms with van der Waals surface area (Å²) in [5.74, 6) is 0. The SMILES string of the molecule is CCCCN(CCCC)CCN=C=S. The molecule has 0 saturated carbocycles. The third-order valence-corrected chi connectivity index (χ3v) is 2.38. The average Bonchev–Trinajstić information content (AvgIpc) is 2.21. The summed E-state index contributed by atoms with van der Waals surface area (Å²) in [7, 11) is 0. The van der Waals surface area contributed by atoms with Gasteiger partial charge in [-0.2, -0.15) is 0 Å². The lowest BCUT2D eigenvalue weighted by molar-refractivity contribution is 0.273. The van der Waals surface area contributed by atoms with Crippen molar-refractivity contribution in [1.82, 2.24) is 4.90 Å². The van der Waals surface area contributed by atoms with Crippen molar-refractivity contribution in [3.8, 4) is 0 Å². The zero-order chi connectivity index (χ0) is 10.6. The van der Waals surface area contributed by atoms with Crippen LogP contribution in [0, 0.1) is 0 Å². The highest BCUT2D eigenvalue weighted by molar-refractivity contribution is 7.78. The van der Waals surface area contributed by atoms with Crippen LogP contribution in [0.5, 0.6) is 0 Å². The van der Waals surface area contributed by atoms with E-state index in [1.165, 1.54) is 38.8 Å². The lowest BCUT2D eigenvalue weighted by atomic mass is 10.2. The van der Waals surface area contributed by atoms with E-state index >= 15 is 0 Å². The van der Waals surface area contributed by atoms with E-state index < -0.39 is 0 Å². The van der Waals surface area contributed by atoms with Crippen molar-refractivity contribution >= 4 is 17.4 Å². The van der Waals surface area contributed by atoms with Gasteiger partial charge in [-0.25, -0.2) is 4.99 Å². The first-order valence-electron chi connectivity index (χ1n) is 5.61. The molecule has 0 radical (unpaired) electrons. The van der Waals surface area contributed by atoms with Crippen LogP contribution in [-0.4, -0.2) is 36.2 Å². The topological polar surface area (TPSA) is 15.6 Å². The molecule has 3 heteroatoms. The molecule has 0 aliphatic rings. The van der Waals surface area contributed by atoms with Crippen molar-refractivity contribution in [3.63, 3.8) is 0 Å². The fourth-order valence-corrected chi connectivity index (χ4v) is 1.43. The van der Waals surface area contributed by atoms with Gasteiger partial charge in [0.15, 0.2) is 0 Å². The molecule has 0 bridgehead atoms. The van der Waals surface area contributed by atoms with Gasteiger partial charge in [-0.15, -0.1) is 0 Å². The Bertz CT molecular complexity index is 157. The molecule has 0 aromatic heterocycles. The molecule has 0 aliphatic heterocycles. The van der Waals surface area contributed by atoms with Gasteiger partial charge in [0.05, 0.1) is 11.7 Å². The molecule has 2 nitrogen and oxygen atoms in total. The third-order valence-electron chi connectivity index (χ3n) is 2.25. The second-order valence-corrected chi connectivity index (χ2v) is 3.70. The van der Waals surface area contributed by atoms with Crippen LogP contribution in [0.2, 0.25) is 0 Å². The minimum absolute atomic E-state index is 0.803. The fourth-order valence-electron chi connectivity index (χ4n) is 1.34. The highest BCUT2D eigenvalue weighted by atomic mass is 32.1.